The number of hydrogen-bond donors (Lipinski definition) is 0. The van der Waals surface area contributed by atoms with E-state index in [2.05, 4.69) is 14.7 Å². The standard InChI is InChI=1S/C14H12N2O3/c1-9(17)12-13(10-6-4-3-5-7-10)16-11(8-15-12)14(18)19-2/h3-8H,1-2H3. The van der Waals surface area contributed by atoms with E-state index in [0.29, 0.717) is 5.69 Å². The number of esters is 1. The largest absolute Gasteiger partial charge is 0.464 e. The van der Waals surface area contributed by atoms with Gasteiger partial charge < -0.3 is 4.74 Å². The van der Waals surface area contributed by atoms with E-state index >= 15 is 0 Å². The van der Waals surface area contributed by atoms with E-state index in [1.54, 1.807) is 12.1 Å². The van der Waals surface area contributed by atoms with E-state index in [-0.39, 0.29) is 17.2 Å². The molecule has 96 valence electrons. The third-order valence-corrected chi connectivity index (χ3v) is 2.55. The first kappa shape index (κ1) is 12.9. The normalized spacial score (nSPS) is 10.0. The van der Waals surface area contributed by atoms with Gasteiger partial charge in [0.1, 0.15) is 11.4 Å². The topological polar surface area (TPSA) is 69.2 Å². The fraction of sp³-hybridized carbons (Fsp3) is 0.143. The van der Waals surface area contributed by atoms with Crippen molar-refractivity contribution in [2.24, 2.45) is 0 Å². The zero-order valence-corrected chi connectivity index (χ0v) is 10.6. The fourth-order valence-electron chi connectivity index (χ4n) is 1.65. The van der Waals surface area contributed by atoms with Crippen molar-refractivity contribution >= 4 is 11.8 Å². The Kier molecular flexibility index (Phi) is 3.66. The molecule has 0 aliphatic carbocycles. The molecule has 1 heterocycles. The zero-order valence-electron chi connectivity index (χ0n) is 10.6. The molecular formula is C14H12N2O3. The van der Waals surface area contributed by atoms with Crippen LogP contribution in [0.4, 0.5) is 0 Å². The van der Waals surface area contributed by atoms with Gasteiger partial charge in [-0.3, -0.25) is 4.79 Å². The quantitative estimate of drug-likeness (QED) is 0.621. The highest BCUT2D eigenvalue weighted by molar-refractivity contribution is 5.98. The predicted octanol–water partition coefficient (Wildman–Crippen LogP) is 2.13. The number of ether oxygens (including phenoxy) is 1. The van der Waals surface area contributed by atoms with Crippen molar-refractivity contribution in [3.05, 3.63) is 47.9 Å². The molecule has 5 nitrogen and oxygen atoms in total. The lowest BCUT2D eigenvalue weighted by Crippen LogP contribution is -2.10. The van der Waals surface area contributed by atoms with E-state index in [9.17, 15) is 9.59 Å². The van der Waals surface area contributed by atoms with Crippen LogP contribution in [0.2, 0.25) is 0 Å². The minimum absolute atomic E-state index is 0.0753. The number of carbonyl (C=O) groups is 2. The minimum atomic E-state index is -0.584. The van der Waals surface area contributed by atoms with Crippen molar-refractivity contribution in [1.82, 2.24) is 9.97 Å². The van der Waals surface area contributed by atoms with Gasteiger partial charge >= 0.3 is 5.97 Å². The number of carbonyl (C=O) groups excluding carboxylic acids is 2. The summed E-state index contributed by atoms with van der Waals surface area (Å²) in [4.78, 5) is 31.2. The van der Waals surface area contributed by atoms with E-state index < -0.39 is 5.97 Å². The molecule has 0 bridgehead atoms. The molecule has 19 heavy (non-hydrogen) atoms. The molecule has 0 atom stereocenters. The average Bonchev–Trinajstić information content (AvgIpc) is 2.46. The molecule has 0 amide bonds. The lowest BCUT2D eigenvalue weighted by molar-refractivity contribution is 0.0593. The number of Topliss-reactive ketones (excluding diaryl/α,β-unsaturated/α-hetero) is 1. The molecule has 1 aromatic heterocycles. The second-order valence-electron chi connectivity index (χ2n) is 3.87. The van der Waals surface area contributed by atoms with Gasteiger partial charge in [0.05, 0.1) is 13.3 Å². The summed E-state index contributed by atoms with van der Waals surface area (Å²) in [5.41, 5.74) is 1.42. The average molecular weight is 256 g/mol. The van der Waals surface area contributed by atoms with Crippen molar-refractivity contribution in [2.45, 2.75) is 6.92 Å². The van der Waals surface area contributed by atoms with Gasteiger partial charge in [0, 0.05) is 12.5 Å². The van der Waals surface area contributed by atoms with Crippen LogP contribution in [0.5, 0.6) is 0 Å². The van der Waals surface area contributed by atoms with Crippen LogP contribution >= 0.6 is 0 Å². The molecular weight excluding hydrogens is 244 g/mol. The first-order chi connectivity index (χ1) is 9.13. The summed E-state index contributed by atoms with van der Waals surface area (Å²) in [5, 5.41) is 0. The number of methoxy groups -OCH3 is 1. The lowest BCUT2D eigenvalue weighted by atomic mass is 10.1. The summed E-state index contributed by atoms with van der Waals surface area (Å²) in [6.45, 7) is 1.41. The van der Waals surface area contributed by atoms with E-state index in [1.807, 2.05) is 18.2 Å². The molecule has 0 saturated carbocycles. The summed E-state index contributed by atoms with van der Waals surface area (Å²) in [7, 11) is 1.27. The van der Waals surface area contributed by atoms with Crippen LogP contribution in [0, 0.1) is 0 Å². The van der Waals surface area contributed by atoms with Crippen LogP contribution in [0.15, 0.2) is 36.5 Å². The summed E-state index contributed by atoms with van der Waals surface area (Å²) < 4.78 is 4.60. The third-order valence-electron chi connectivity index (χ3n) is 2.55. The number of aromatic nitrogens is 2. The highest BCUT2D eigenvalue weighted by Gasteiger charge is 2.16. The molecule has 0 aliphatic rings. The van der Waals surface area contributed by atoms with Gasteiger partial charge in [-0.05, 0) is 0 Å². The lowest BCUT2D eigenvalue weighted by Gasteiger charge is -2.07. The van der Waals surface area contributed by atoms with Crippen LogP contribution < -0.4 is 0 Å². The Morgan fingerprint density at radius 1 is 1.16 bits per heavy atom. The molecule has 0 spiro atoms. The van der Waals surface area contributed by atoms with Crippen molar-refractivity contribution in [2.75, 3.05) is 7.11 Å². The van der Waals surface area contributed by atoms with Crippen LogP contribution in [-0.4, -0.2) is 28.8 Å². The summed E-state index contributed by atoms with van der Waals surface area (Å²) in [5.74, 6) is -0.789. The number of rotatable bonds is 3. The highest BCUT2D eigenvalue weighted by atomic mass is 16.5. The summed E-state index contributed by atoms with van der Waals surface area (Å²) >= 11 is 0. The van der Waals surface area contributed by atoms with Crippen LogP contribution in [0.3, 0.4) is 0 Å². The van der Waals surface area contributed by atoms with E-state index in [1.165, 1.54) is 20.2 Å². The first-order valence-corrected chi connectivity index (χ1v) is 5.65. The number of nitrogens with zero attached hydrogens (tertiary/aromatic N) is 2. The Hall–Kier alpha value is -2.56. The van der Waals surface area contributed by atoms with Crippen molar-refractivity contribution in [3.8, 4) is 11.3 Å². The molecule has 0 fully saturated rings. The maximum atomic E-state index is 11.6. The van der Waals surface area contributed by atoms with Gasteiger partial charge in [-0.25, -0.2) is 14.8 Å². The van der Waals surface area contributed by atoms with Crippen molar-refractivity contribution < 1.29 is 14.3 Å². The predicted molar refractivity (Wildman–Crippen MR) is 68.8 cm³/mol. The van der Waals surface area contributed by atoms with Crippen LogP contribution in [0.25, 0.3) is 11.3 Å². The zero-order chi connectivity index (χ0) is 13.8. The van der Waals surface area contributed by atoms with Crippen LogP contribution in [0.1, 0.15) is 27.9 Å². The molecule has 5 heteroatoms. The smallest absolute Gasteiger partial charge is 0.358 e. The van der Waals surface area contributed by atoms with Gasteiger partial charge in [-0.2, -0.15) is 0 Å². The summed E-state index contributed by atoms with van der Waals surface area (Å²) in [6, 6.07) is 9.11. The Labute approximate surface area is 110 Å². The molecule has 2 rings (SSSR count). The first-order valence-electron chi connectivity index (χ1n) is 5.65. The second-order valence-corrected chi connectivity index (χ2v) is 3.87. The monoisotopic (exact) mass is 256 g/mol. The fourth-order valence-corrected chi connectivity index (χ4v) is 1.65. The minimum Gasteiger partial charge on any atom is -0.464 e. The summed E-state index contributed by atoms with van der Waals surface area (Å²) in [6.07, 6.45) is 1.25. The van der Waals surface area contributed by atoms with Gasteiger partial charge in [-0.1, -0.05) is 30.3 Å². The Balaban J connectivity index is 2.61. The number of benzene rings is 1. The molecule has 0 saturated heterocycles. The molecule has 0 aliphatic heterocycles. The molecule has 1 aromatic carbocycles. The van der Waals surface area contributed by atoms with E-state index in [0.717, 1.165) is 5.56 Å². The Bertz CT molecular complexity index is 624. The van der Waals surface area contributed by atoms with Gasteiger partial charge in [0.2, 0.25) is 0 Å². The van der Waals surface area contributed by atoms with Gasteiger partial charge in [-0.15, -0.1) is 0 Å². The Morgan fingerprint density at radius 2 is 1.84 bits per heavy atom. The van der Waals surface area contributed by atoms with Gasteiger partial charge in [0.25, 0.3) is 0 Å². The Morgan fingerprint density at radius 3 is 2.42 bits per heavy atom. The van der Waals surface area contributed by atoms with Gasteiger partial charge in [0.15, 0.2) is 11.5 Å². The maximum Gasteiger partial charge on any atom is 0.358 e. The molecule has 0 unspecified atom stereocenters. The second kappa shape index (κ2) is 5.39. The van der Waals surface area contributed by atoms with Crippen LogP contribution in [-0.2, 0) is 4.74 Å². The maximum absolute atomic E-state index is 11.6. The highest BCUT2D eigenvalue weighted by Crippen LogP contribution is 2.20. The molecule has 0 radical (unpaired) electrons. The van der Waals surface area contributed by atoms with Crippen molar-refractivity contribution in [3.63, 3.8) is 0 Å². The number of ketones is 1. The van der Waals surface area contributed by atoms with E-state index in [4.69, 9.17) is 0 Å². The molecule has 0 N–H and O–H groups in total. The number of hydrogen-bond acceptors (Lipinski definition) is 5. The SMILES string of the molecule is COC(=O)c1cnc(C(C)=O)c(-c2ccccc2)n1. The molecule has 2 aromatic rings. The van der Waals surface area contributed by atoms with Crippen molar-refractivity contribution in [1.29, 1.82) is 0 Å². The third kappa shape index (κ3) is 2.65.